The van der Waals surface area contributed by atoms with Crippen LogP contribution in [0.5, 0.6) is 11.5 Å². The van der Waals surface area contributed by atoms with Gasteiger partial charge < -0.3 is 15.3 Å². The highest BCUT2D eigenvalue weighted by atomic mass is 16.5. The van der Waals surface area contributed by atoms with Gasteiger partial charge in [-0.05, 0) is 37.6 Å². The van der Waals surface area contributed by atoms with Crippen LogP contribution in [0.4, 0.5) is 0 Å². The molecule has 0 radical (unpaired) electrons. The highest BCUT2D eigenvalue weighted by Gasteiger charge is 2.06. The number of ether oxygens (including phenoxy) is 2. The van der Waals surface area contributed by atoms with E-state index in [1.54, 1.807) is 13.3 Å². The van der Waals surface area contributed by atoms with E-state index in [4.69, 9.17) is 15.3 Å². The van der Waals surface area contributed by atoms with Gasteiger partial charge in [0.1, 0.15) is 0 Å². The summed E-state index contributed by atoms with van der Waals surface area (Å²) in [7, 11) is 1.61. The number of nitrogens with two attached hydrogens (primary N) is 1. The number of hydrazone groups is 1. The van der Waals surface area contributed by atoms with E-state index in [-0.39, 0.29) is 6.10 Å². The van der Waals surface area contributed by atoms with Crippen molar-refractivity contribution in [1.82, 2.24) is 0 Å². The van der Waals surface area contributed by atoms with Crippen molar-refractivity contribution in [2.75, 3.05) is 7.11 Å². The Balaban J connectivity index is 3.01. The van der Waals surface area contributed by atoms with E-state index < -0.39 is 0 Å². The van der Waals surface area contributed by atoms with Crippen molar-refractivity contribution in [3.63, 3.8) is 0 Å². The van der Waals surface area contributed by atoms with Crippen LogP contribution in [0.1, 0.15) is 19.4 Å². The number of hydrogen-bond donors (Lipinski definition) is 1. The van der Waals surface area contributed by atoms with E-state index in [2.05, 4.69) is 5.10 Å². The molecule has 0 aliphatic rings. The first-order valence-electron chi connectivity index (χ1n) is 4.75. The number of rotatable bonds is 4. The number of methoxy groups -OCH3 is 1. The summed E-state index contributed by atoms with van der Waals surface area (Å²) in [5, 5.41) is 3.46. The van der Waals surface area contributed by atoms with Gasteiger partial charge in [0.2, 0.25) is 0 Å². The summed E-state index contributed by atoms with van der Waals surface area (Å²) in [6.45, 7) is 3.92. The SMILES string of the molecule is COc1ccc(C=NN)cc1OC(C)C. The van der Waals surface area contributed by atoms with Crippen molar-refractivity contribution in [2.24, 2.45) is 10.9 Å². The van der Waals surface area contributed by atoms with Crippen molar-refractivity contribution in [3.8, 4) is 11.5 Å². The van der Waals surface area contributed by atoms with Gasteiger partial charge >= 0.3 is 0 Å². The largest absolute Gasteiger partial charge is 0.493 e. The van der Waals surface area contributed by atoms with E-state index >= 15 is 0 Å². The van der Waals surface area contributed by atoms with Gasteiger partial charge in [0.15, 0.2) is 11.5 Å². The lowest BCUT2D eigenvalue weighted by molar-refractivity contribution is 0.230. The Kier molecular flexibility index (Phi) is 3.97. The highest BCUT2D eigenvalue weighted by Crippen LogP contribution is 2.28. The first-order chi connectivity index (χ1) is 7.17. The minimum Gasteiger partial charge on any atom is -0.493 e. The molecule has 1 aromatic rings. The molecule has 1 rings (SSSR count). The molecule has 0 bridgehead atoms. The van der Waals surface area contributed by atoms with E-state index in [0.717, 1.165) is 5.56 Å². The third kappa shape index (κ3) is 3.16. The van der Waals surface area contributed by atoms with Crippen LogP contribution in [0.3, 0.4) is 0 Å². The smallest absolute Gasteiger partial charge is 0.162 e. The molecular weight excluding hydrogens is 192 g/mol. The maximum absolute atomic E-state index is 5.60. The molecule has 0 aliphatic carbocycles. The lowest BCUT2D eigenvalue weighted by Crippen LogP contribution is -2.07. The summed E-state index contributed by atoms with van der Waals surface area (Å²) in [6.07, 6.45) is 1.66. The minimum absolute atomic E-state index is 0.101. The first kappa shape index (κ1) is 11.4. The molecule has 0 aromatic heterocycles. The van der Waals surface area contributed by atoms with Crippen LogP contribution in [-0.2, 0) is 0 Å². The fourth-order valence-corrected chi connectivity index (χ4v) is 1.21. The predicted octanol–water partition coefficient (Wildman–Crippen LogP) is 1.77. The molecule has 4 heteroatoms. The van der Waals surface area contributed by atoms with Crippen molar-refractivity contribution in [1.29, 1.82) is 0 Å². The molecule has 0 aliphatic heterocycles. The lowest BCUT2D eigenvalue weighted by atomic mass is 10.2. The number of hydrogen-bond acceptors (Lipinski definition) is 4. The molecule has 0 fully saturated rings. The van der Waals surface area contributed by atoms with Gasteiger partial charge in [-0.1, -0.05) is 0 Å². The summed E-state index contributed by atoms with van der Waals surface area (Å²) in [5.41, 5.74) is 0.883. The Morgan fingerprint density at radius 1 is 1.33 bits per heavy atom. The van der Waals surface area contributed by atoms with Gasteiger partial charge in [0, 0.05) is 0 Å². The average molecular weight is 208 g/mol. The summed E-state index contributed by atoms with van der Waals surface area (Å²) in [6, 6.07) is 5.53. The van der Waals surface area contributed by atoms with Crippen LogP contribution >= 0.6 is 0 Å². The average Bonchev–Trinajstić information content (AvgIpc) is 2.18. The van der Waals surface area contributed by atoms with Crippen LogP contribution in [0.15, 0.2) is 23.3 Å². The molecule has 0 amide bonds. The van der Waals surface area contributed by atoms with Crippen molar-refractivity contribution in [2.45, 2.75) is 20.0 Å². The summed E-state index contributed by atoms with van der Waals surface area (Å²) in [5.74, 6) is 6.49. The topological polar surface area (TPSA) is 56.8 Å². The third-order valence-corrected chi connectivity index (χ3v) is 1.77. The molecule has 4 nitrogen and oxygen atoms in total. The Hall–Kier alpha value is -1.71. The van der Waals surface area contributed by atoms with Crippen LogP contribution in [0.25, 0.3) is 0 Å². The monoisotopic (exact) mass is 208 g/mol. The van der Waals surface area contributed by atoms with E-state index in [9.17, 15) is 0 Å². The molecule has 0 atom stereocenters. The summed E-state index contributed by atoms with van der Waals surface area (Å²) >= 11 is 0. The zero-order valence-corrected chi connectivity index (χ0v) is 9.23. The normalized spacial score (nSPS) is 10.9. The first-order valence-corrected chi connectivity index (χ1v) is 4.75. The van der Waals surface area contributed by atoms with Crippen LogP contribution in [0.2, 0.25) is 0 Å². The van der Waals surface area contributed by atoms with Gasteiger partial charge in [0.25, 0.3) is 0 Å². The number of nitrogens with zero attached hydrogens (tertiary/aromatic N) is 1. The van der Waals surface area contributed by atoms with Crippen LogP contribution in [0, 0.1) is 0 Å². The maximum atomic E-state index is 5.60. The van der Waals surface area contributed by atoms with Crippen molar-refractivity contribution >= 4 is 6.21 Å². The Morgan fingerprint density at radius 3 is 2.60 bits per heavy atom. The quantitative estimate of drug-likeness (QED) is 0.466. The zero-order chi connectivity index (χ0) is 11.3. The molecular formula is C11H16N2O2. The maximum Gasteiger partial charge on any atom is 0.162 e. The molecule has 0 saturated carbocycles. The van der Waals surface area contributed by atoms with Crippen LogP contribution in [-0.4, -0.2) is 19.4 Å². The molecule has 0 unspecified atom stereocenters. The van der Waals surface area contributed by atoms with E-state index in [0.29, 0.717) is 11.5 Å². The van der Waals surface area contributed by atoms with Gasteiger partial charge in [-0.25, -0.2) is 0 Å². The van der Waals surface area contributed by atoms with Gasteiger partial charge in [-0.15, -0.1) is 0 Å². The molecule has 82 valence electrons. The number of benzene rings is 1. The predicted molar refractivity (Wildman–Crippen MR) is 60.5 cm³/mol. The second-order valence-corrected chi connectivity index (χ2v) is 3.36. The van der Waals surface area contributed by atoms with E-state index in [1.165, 1.54) is 0 Å². The van der Waals surface area contributed by atoms with Crippen LogP contribution < -0.4 is 15.3 Å². The summed E-state index contributed by atoms with van der Waals surface area (Å²) < 4.78 is 10.8. The van der Waals surface area contributed by atoms with Gasteiger partial charge in [-0.3, -0.25) is 0 Å². The van der Waals surface area contributed by atoms with Gasteiger partial charge in [0.05, 0.1) is 19.4 Å². The molecule has 0 spiro atoms. The standard InChI is InChI=1S/C11H16N2O2/c1-8(2)15-11-6-9(7-13-12)4-5-10(11)14-3/h4-8H,12H2,1-3H3. The Labute approximate surface area is 89.7 Å². The minimum atomic E-state index is 0.101. The lowest BCUT2D eigenvalue weighted by Gasteiger charge is -2.13. The Bertz CT molecular complexity index is 348. The molecule has 0 saturated heterocycles. The Morgan fingerprint density at radius 2 is 2.07 bits per heavy atom. The van der Waals surface area contributed by atoms with Gasteiger partial charge in [-0.2, -0.15) is 5.10 Å². The second kappa shape index (κ2) is 5.24. The van der Waals surface area contributed by atoms with E-state index in [1.807, 2.05) is 32.0 Å². The second-order valence-electron chi connectivity index (χ2n) is 3.36. The highest BCUT2D eigenvalue weighted by molar-refractivity contribution is 5.80. The van der Waals surface area contributed by atoms with Crippen molar-refractivity contribution in [3.05, 3.63) is 23.8 Å². The van der Waals surface area contributed by atoms with Crippen molar-refractivity contribution < 1.29 is 9.47 Å². The zero-order valence-electron chi connectivity index (χ0n) is 9.23. The third-order valence-electron chi connectivity index (χ3n) is 1.77. The fraction of sp³-hybridized carbons (Fsp3) is 0.364. The molecule has 0 heterocycles. The summed E-state index contributed by atoms with van der Waals surface area (Å²) in [4.78, 5) is 0. The molecule has 1 aromatic carbocycles. The fourth-order valence-electron chi connectivity index (χ4n) is 1.21. The molecule has 15 heavy (non-hydrogen) atoms. The molecule has 2 N–H and O–H groups in total.